The number of fused-ring (bicyclic) bond motifs is 1. The maximum atomic E-state index is 11.6. The molecule has 0 amide bonds. The second kappa shape index (κ2) is 9.68. The molecule has 0 aromatic heterocycles. The van der Waals surface area contributed by atoms with E-state index in [9.17, 15) is 4.79 Å². The van der Waals surface area contributed by atoms with Gasteiger partial charge < -0.3 is 14.2 Å². The van der Waals surface area contributed by atoms with Crippen LogP contribution in [0.1, 0.15) is 11.1 Å². The number of rotatable bonds is 7. The number of benzene rings is 3. The van der Waals surface area contributed by atoms with Crippen LogP contribution in [0.25, 0.3) is 16.8 Å². The quantitative estimate of drug-likeness (QED) is 0.304. The molecule has 0 aliphatic heterocycles. The molecule has 0 heterocycles. The van der Waals surface area contributed by atoms with Gasteiger partial charge in [0.1, 0.15) is 6.61 Å². The fraction of sp³-hybridized carbons (Fsp3) is 0.125. The van der Waals surface area contributed by atoms with E-state index in [1.807, 2.05) is 24.3 Å². The third-order valence-corrected chi connectivity index (χ3v) is 4.49. The molecule has 0 saturated heterocycles. The summed E-state index contributed by atoms with van der Waals surface area (Å²) in [4.78, 5) is 11.6. The maximum Gasteiger partial charge on any atom is 0.331 e. The van der Waals surface area contributed by atoms with Crippen LogP contribution in [0.15, 0.2) is 60.7 Å². The molecule has 29 heavy (non-hydrogen) atoms. The summed E-state index contributed by atoms with van der Waals surface area (Å²) in [5, 5.41) is 2.64. The summed E-state index contributed by atoms with van der Waals surface area (Å²) in [6.45, 7) is 0.263. The molecule has 0 bridgehead atoms. The average Bonchev–Trinajstić information content (AvgIpc) is 2.75. The smallest absolute Gasteiger partial charge is 0.331 e. The van der Waals surface area contributed by atoms with Crippen LogP contribution in [-0.4, -0.2) is 19.7 Å². The van der Waals surface area contributed by atoms with Gasteiger partial charge in [0.15, 0.2) is 18.1 Å². The van der Waals surface area contributed by atoms with Crippen LogP contribution < -0.4 is 9.47 Å². The van der Waals surface area contributed by atoms with Crippen LogP contribution in [0, 0.1) is 12.3 Å². The molecule has 3 rings (SSSR count). The molecule has 0 spiro atoms. The van der Waals surface area contributed by atoms with Crippen molar-refractivity contribution in [2.45, 2.75) is 6.61 Å². The van der Waals surface area contributed by atoms with E-state index in [0.717, 1.165) is 16.3 Å². The molecule has 0 aliphatic rings. The van der Waals surface area contributed by atoms with Gasteiger partial charge in [0.05, 0.1) is 12.1 Å². The Morgan fingerprint density at radius 2 is 1.97 bits per heavy atom. The van der Waals surface area contributed by atoms with Gasteiger partial charge in [0.25, 0.3) is 0 Å². The Morgan fingerprint density at radius 3 is 2.76 bits per heavy atom. The van der Waals surface area contributed by atoms with Crippen LogP contribution in [0.2, 0.25) is 5.02 Å². The van der Waals surface area contributed by atoms with Crippen molar-refractivity contribution in [3.63, 3.8) is 0 Å². The third-order valence-electron chi connectivity index (χ3n) is 4.21. The van der Waals surface area contributed by atoms with Crippen LogP contribution in [0.5, 0.6) is 11.5 Å². The molecule has 0 unspecified atom stereocenters. The standard InChI is InChI=1S/C24H19ClO4/c1-3-13-28-23(26)12-11-17-14-21(25)24(22(15-17)27-2)29-16-19-9-6-8-18-7-4-5-10-20(18)19/h1,4-12,14-15H,13,16H2,2H3/b12-11+. The lowest BCUT2D eigenvalue weighted by Crippen LogP contribution is -2.01. The maximum absolute atomic E-state index is 11.6. The summed E-state index contributed by atoms with van der Waals surface area (Å²) < 4.78 is 16.2. The molecule has 146 valence electrons. The Bertz CT molecular complexity index is 1090. The van der Waals surface area contributed by atoms with Crippen LogP contribution in [-0.2, 0) is 16.1 Å². The van der Waals surface area contributed by atoms with E-state index in [2.05, 4.69) is 24.1 Å². The predicted molar refractivity (Wildman–Crippen MR) is 115 cm³/mol. The molecule has 4 nitrogen and oxygen atoms in total. The first-order chi connectivity index (χ1) is 14.1. The lowest BCUT2D eigenvalue weighted by Gasteiger charge is -2.14. The summed E-state index contributed by atoms with van der Waals surface area (Å²) in [5.74, 6) is 2.61. The number of halogens is 1. The minimum Gasteiger partial charge on any atom is -0.493 e. The van der Waals surface area contributed by atoms with Crippen molar-refractivity contribution >= 4 is 34.4 Å². The normalized spacial score (nSPS) is 10.7. The SMILES string of the molecule is C#CCOC(=O)/C=C/c1cc(Cl)c(OCc2cccc3ccccc23)c(OC)c1. The number of ether oxygens (including phenoxy) is 3. The van der Waals surface area contributed by atoms with Crippen molar-refractivity contribution in [1.82, 2.24) is 0 Å². The van der Waals surface area contributed by atoms with E-state index in [-0.39, 0.29) is 6.61 Å². The molecule has 0 fully saturated rings. The highest BCUT2D eigenvalue weighted by Gasteiger charge is 2.12. The molecule has 0 radical (unpaired) electrons. The second-order valence-electron chi connectivity index (χ2n) is 6.11. The largest absolute Gasteiger partial charge is 0.493 e. The minimum atomic E-state index is -0.533. The van der Waals surface area contributed by atoms with E-state index < -0.39 is 5.97 Å². The summed E-state index contributed by atoms with van der Waals surface area (Å²) >= 11 is 6.42. The van der Waals surface area contributed by atoms with Crippen molar-refractivity contribution < 1.29 is 19.0 Å². The Balaban J connectivity index is 1.80. The number of methoxy groups -OCH3 is 1. The zero-order valence-corrected chi connectivity index (χ0v) is 16.6. The Hall–Kier alpha value is -3.42. The average molecular weight is 407 g/mol. The molecule has 3 aromatic rings. The number of terminal acetylenes is 1. The zero-order valence-electron chi connectivity index (χ0n) is 15.9. The van der Waals surface area contributed by atoms with Crippen molar-refractivity contribution in [1.29, 1.82) is 0 Å². The Morgan fingerprint density at radius 1 is 1.17 bits per heavy atom. The molecular formula is C24H19ClO4. The molecule has 0 aliphatic carbocycles. The number of carbonyl (C=O) groups is 1. The van der Waals surface area contributed by atoms with Gasteiger partial charge in [-0.3, -0.25) is 0 Å². The van der Waals surface area contributed by atoms with Crippen LogP contribution in [0.4, 0.5) is 0 Å². The van der Waals surface area contributed by atoms with Gasteiger partial charge in [-0.25, -0.2) is 4.79 Å². The van der Waals surface area contributed by atoms with E-state index in [1.54, 1.807) is 18.2 Å². The predicted octanol–water partition coefficient (Wildman–Crippen LogP) is 5.27. The van der Waals surface area contributed by atoms with Crippen molar-refractivity contribution in [2.75, 3.05) is 13.7 Å². The first-order valence-electron chi connectivity index (χ1n) is 8.87. The Kier molecular flexibility index (Phi) is 6.78. The first-order valence-corrected chi connectivity index (χ1v) is 9.25. The highest BCUT2D eigenvalue weighted by Crippen LogP contribution is 2.37. The minimum absolute atomic E-state index is 0.0752. The number of hydrogen-bond donors (Lipinski definition) is 0. The summed E-state index contributed by atoms with van der Waals surface area (Å²) in [7, 11) is 1.53. The lowest BCUT2D eigenvalue weighted by atomic mass is 10.1. The van der Waals surface area contributed by atoms with Crippen LogP contribution >= 0.6 is 11.6 Å². The Labute approximate surface area is 174 Å². The van der Waals surface area contributed by atoms with Gasteiger partial charge >= 0.3 is 5.97 Å². The van der Waals surface area contributed by atoms with E-state index in [0.29, 0.717) is 28.7 Å². The molecule has 5 heteroatoms. The van der Waals surface area contributed by atoms with E-state index >= 15 is 0 Å². The van der Waals surface area contributed by atoms with Gasteiger partial charge in [0.2, 0.25) is 0 Å². The van der Waals surface area contributed by atoms with Crippen LogP contribution in [0.3, 0.4) is 0 Å². The fourth-order valence-electron chi connectivity index (χ4n) is 2.87. The van der Waals surface area contributed by atoms with Crippen molar-refractivity contribution in [3.05, 3.63) is 76.8 Å². The van der Waals surface area contributed by atoms with Gasteiger partial charge in [-0.1, -0.05) is 60.0 Å². The van der Waals surface area contributed by atoms with Gasteiger partial charge in [-0.2, -0.15) is 0 Å². The van der Waals surface area contributed by atoms with Crippen molar-refractivity contribution in [3.8, 4) is 23.8 Å². The highest BCUT2D eigenvalue weighted by molar-refractivity contribution is 6.32. The molecule has 0 atom stereocenters. The number of carbonyl (C=O) groups excluding carboxylic acids is 1. The monoisotopic (exact) mass is 406 g/mol. The summed E-state index contributed by atoms with van der Waals surface area (Å²) in [6.07, 6.45) is 7.91. The molecule has 3 aromatic carbocycles. The van der Waals surface area contributed by atoms with E-state index in [1.165, 1.54) is 13.2 Å². The summed E-state index contributed by atoms with van der Waals surface area (Å²) in [6, 6.07) is 17.6. The third kappa shape index (κ3) is 5.10. The van der Waals surface area contributed by atoms with Gasteiger partial charge in [-0.05, 0) is 40.1 Å². The van der Waals surface area contributed by atoms with Gasteiger partial charge in [0, 0.05) is 6.08 Å². The molecule has 0 N–H and O–H groups in total. The second-order valence-corrected chi connectivity index (χ2v) is 6.51. The molecular weight excluding hydrogens is 388 g/mol. The summed E-state index contributed by atoms with van der Waals surface area (Å²) in [5.41, 5.74) is 1.71. The fourth-order valence-corrected chi connectivity index (χ4v) is 3.14. The van der Waals surface area contributed by atoms with Gasteiger partial charge in [-0.15, -0.1) is 6.42 Å². The highest BCUT2D eigenvalue weighted by atomic mass is 35.5. The topological polar surface area (TPSA) is 44.8 Å². The number of esters is 1. The molecule has 0 saturated carbocycles. The first kappa shape index (κ1) is 20.3. The lowest BCUT2D eigenvalue weighted by molar-refractivity contribution is -0.136. The number of hydrogen-bond acceptors (Lipinski definition) is 4. The van der Waals surface area contributed by atoms with E-state index in [4.69, 9.17) is 32.2 Å². The van der Waals surface area contributed by atoms with Crippen molar-refractivity contribution in [2.24, 2.45) is 0 Å². The zero-order chi connectivity index (χ0) is 20.6.